The summed E-state index contributed by atoms with van der Waals surface area (Å²) in [6.07, 6.45) is 75.8. The highest BCUT2D eigenvalue weighted by Crippen LogP contribution is 2.60. The molecule has 0 bridgehead atoms. The fraction of sp³-hybridized carbons (Fsp3) is 1.00. The average Bonchev–Trinajstić information content (AvgIpc) is 3.30. The van der Waals surface area contributed by atoms with Gasteiger partial charge in [0.15, 0.2) is 7.38 Å². The minimum atomic E-state index is -1.87. The van der Waals surface area contributed by atoms with Crippen LogP contribution in [0.15, 0.2) is 0 Å². The van der Waals surface area contributed by atoms with Crippen LogP contribution in [0.5, 0.6) is 0 Å². The highest BCUT2D eigenvalue weighted by molar-refractivity contribution is 7.22. The van der Waals surface area contributed by atoms with Crippen LogP contribution < -0.4 is 0 Å². The molecule has 3 aliphatic rings. The summed E-state index contributed by atoms with van der Waals surface area (Å²) in [5.74, 6) is 3.05. The molecule has 3 rings (SSSR count). The van der Waals surface area contributed by atoms with Crippen molar-refractivity contribution in [1.82, 2.24) is 0 Å². The molecule has 0 atom stereocenters. The van der Waals surface area contributed by atoms with Crippen LogP contribution in [-0.4, -0.2) is 7.38 Å². The largest absolute Gasteiger partial charge is 0.166 e. The molecule has 0 aromatic rings. The first-order valence-electron chi connectivity index (χ1n) is 30.3. The summed E-state index contributed by atoms with van der Waals surface area (Å²) >= 11 is 8.55. The van der Waals surface area contributed by atoms with Crippen molar-refractivity contribution >= 4 is 18.5 Å². The number of hydrogen-bond acceptors (Lipinski definition) is 0. The van der Waals surface area contributed by atoms with E-state index in [2.05, 4.69) is 20.8 Å². The Morgan fingerprint density at radius 2 is 0.403 bits per heavy atom. The maximum atomic E-state index is 8.55. The summed E-state index contributed by atoms with van der Waals surface area (Å²) in [6.45, 7) is 6.99. The predicted molar refractivity (Wildman–Crippen MR) is 286 cm³/mol. The van der Waals surface area contributed by atoms with Crippen LogP contribution in [0, 0.1) is 17.8 Å². The molecule has 0 aromatic carbocycles. The molecular weight excluding hydrogens is 784 g/mol. The Hall–Kier alpha value is 0.507. The molecule has 0 radical (unpaired) electrons. The Labute approximate surface area is 399 Å². The summed E-state index contributed by atoms with van der Waals surface area (Å²) in [5, 5.41) is 0. The van der Waals surface area contributed by atoms with Gasteiger partial charge < -0.3 is 0 Å². The second-order valence-electron chi connectivity index (χ2n) is 23.0. The Morgan fingerprint density at radius 3 is 0.581 bits per heavy atom. The van der Waals surface area contributed by atoms with Gasteiger partial charge in [0.25, 0.3) is 0 Å². The van der Waals surface area contributed by atoms with E-state index in [0.29, 0.717) is 0 Å². The predicted octanol–water partition coefficient (Wildman–Crippen LogP) is 23.1. The third-order valence-corrected chi connectivity index (χ3v) is 26.1. The molecule has 0 amide bonds. The van der Waals surface area contributed by atoms with Gasteiger partial charge in [-0.15, -0.1) is 0 Å². The molecule has 0 aliphatic heterocycles. The fourth-order valence-corrected chi connectivity index (χ4v) is 21.1. The van der Waals surface area contributed by atoms with E-state index < -0.39 is 7.38 Å². The number of unbranched alkanes of at least 4 members (excludes halogenated alkanes) is 33. The van der Waals surface area contributed by atoms with E-state index in [1.54, 1.807) is 0 Å². The highest BCUT2D eigenvalue weighted by Gasteiger charge is 2.53. The van der Waals surface area contributed by atoms with Gasteiger partial charge in [0.2, 0.25) is 0 Å². The van der Waals surface area contributed by atoms with E-state index in [4.69, 9.17) is 11.1 Å². The number of hydrogen-bond donors (Lipinski definition) is 0. The monoisotopic (exact) mass is 901 g/mol. The molecule has 2 heteroatoms. The normalized spacial score (nSPS) is 24.4. The Kier molecular flexibility index (Phi) is 36.2. The fourth-order valence-electron chi connectivity index (χ4n) is 13.5. The summed E-state index contributed by atoms with van der Waals surface area (Å²) in [5.41, 5.74) is 2.79. The molecule has 0 N–H and O–H groups in total. The van der Waals surface area contributed by atoms with Crippen molar-refractivity contribution in [2.24, 2.45) is 17.8 Å². The van der Waals surface area contributed by atoms with Gasteiger partial charge in [0.05, 0.1) is 0 Å². The van der Waals surface area contributed by atoms with Crippen molar-refractivity contribution in [1.29, 1.82) is 0 Å². The van der Waals surface area contributed by atoms with Gasteiger partial charge in [-0.25, -0.2) is 0 Å². The quantitative estimate of drug-likeness (QED) is 0.0325. The van der Waals surface area contributed by atoms with E-state index in [1.165, 1.54) is 327 Å². The summed E-state index contributed by atoms with van der Waals surface area (Å²) in [4.78, 5) is 0. The molecule has 0 spiro atoms. The van der Waals surface area contributed by atoms with Crippen molar-refractivity contribution in [3.8, 4) is 0 Å². The number of halogens is 1. The van der Waals surface area contributed by atoms with Crippen LogP contribution in [0.4, 0.5) is 0 Å². The van der Waals surface area contributed by atoms with Gasteiger partial charge in [0, 0.05) is 0 Å². The smallest absolute Gasteiger partial charge is 0.165 e. The summed E-state index contributed by atoms with van der Waals surface area (Å²) in [7, 11) is -1.87. The zero-order valence-electron chi connectivity index (χ0n) is 43.4. The second-order valence-corrected chi connectivity index (χ2v) is 29.1. The third kappa shape index (κ3) is 26.2. The van der Waals surface area contributed by atoms with Gasteiger partial charge in [-0.1, -0.05) is 348 Å². The van der Waals surface area contributed by atoms with Crippen LogP contribution >= 0.6 is 11.1 Å². The highest BCUT2D eigenvalue weighted by atomic mass is 35.6. The molecule has 3 saturated carbocycles. The first kappa shape index (κ1) is 56.8. The molecule has 3 aliphatic carbocycles. The van der Waals surface area contributed by atoms with Crippen molar-refractivity contribution in [3.05, 3.63) is 0 Å². The van der Waals surface area contributed by atoms with Crippen molar-refractivity contribution in [2.75, 3.05) is 0 Å². The van der Waals surface area contributed by atoms with Gasteiger partial charge in [-0.2, -0.15) is 11.1 Å². The Morgan fingerprint density at radius 1 is 0.242 bits per heavy atom. The minimum Gasteiger partial charge on any atom is -0.166 e. The third-order valence-electron chi connectivity index (χ3n) is 17.8. The molecule has 0 nitrogen and oxygen atoms in total. The van der Waals surface area contributed by atoms with Crippen molar-refractivity contribution < 1.29 is 0 Å². The van der Waals surface area contributed by atoms with Gasteiger partial charge in [-0.05, 0) is 34.4 Å². The van der Waals surface area contributed by atoms with Crippen molar-refractivity contribution in [2.45, 2.75) is 365 Å². The topological polar surface area (TPSA) is 0 Å². The van der Waals surface area contributed by atoms with Crippen LogP contribution in [0.3, 0.4) is 0 Å². The summed E-state index contributed by atoms with van der Waals surface area (Å²) in [6, 6.07) is 0. The van der Waals surface area contributed by atoms with Crippen LogP contribution in [-0.2, 0) is 0 Å². The lowest BCUT2D eigenvalue weighted by Gasteiger charge is -2.51. The molecule has 3 fully saturated rings. The lowest BCUT2D eigenvalue weighted by Crippen LogP contribution is -2.47. The van der Waals surface area contributed by atoms with Crippen molar-refractivity contribution in [3.63, 3.8) is 0 Å². The minimum absolute atomic E-state index is 0.929. The van der Waals surface area contributed by atoms with Gasteiger partial charge in [-0.3, -0.25) is 0 Å². The first-order chi connectivity index (χ1) is 30.6. The Bertz CT molecular complexity index is 806. The zero-order chi connectivity index (χ0) is 44.0. The first-order valence-corrected chi connectivity index (χ1v) is 33.5. The van der Waals surface area contributed by atoms with Crippen LogP contribution in [0.25, 0.3) is 0 Å². The van der Waals surface area contributed by atoms with E-state index in [-0.39, 0.29) is 0 Å². The molecule has 0 saturated heterocycles. The molecule has 368 valence electrons. The maximum absolute atomic E-state index is 8.55. The molecule has 0 unspecified atom stereocenters. The van der Waals surface area contributed by atoms with E-state index in [0.717, 1.165) is 34.4 Å². The molecule has 0 heterocycles. The number of rotatable bonds is 42. The molecular formula is C60H117ClSi. The standard InChI is InChI=1S/C60H117ClSi/c1-4-7-10-13-16-19-22-25-28-31-34-37-40-55-43-49-58(50-44-55)62(61,59-51-45-56(46-52-59)41-38-35-32-29-26-23-20-17-14-11-8-5-2)60-53-47-57(48-54-60)42-39-36-33-30-27-24-21-18-15-12-9-6-3/h55-60H,4-54H2,1-3H3. The average molecular weight is 902 g/mol. The lowest BCUT2D eigenvalue weighted by molar-refractivity contribution is 0.291. The molecule has 0 aromatic heterocycles. The van der Waals surface area contributed by atoms with E-state index in [9.17, 15) is 0 Å². The van der Waals surface area contributed by atoms with E-state index >= 15 is 0 Å². The van der Waals surface area contributed by atoms with E-state index in [1.807, 2.05) is 0 Å². The van der Waals surface area contributed by atoms with Gasteiger partial charge >= 0.3 is 0 Å². The summed E-state index contributed by atoms with van der Waals surface area (Å²) < 4.78 is 0. The van der Waals surface area contributed by atoms with Crippen LogP contribution in [0.1, 0.15) is 348 Å². The zero-order valence-corrected chi connectivity index (χ0v) is 45.2. The lowest BCUT2D eigenvalue weighted by atomic mass is 9.84. The second kappa shape index (κ2) is 39.5. The molecule has 62 heavy (non-hydrogen) atoms. The van der Waals surface area contributed by atoms with Crippen LogP contribution in [0.2, 0.25) is 16.6 Å². The Balaban J connectivity index is 1.36. The maximum Gasteiger partial charge on any atom is 0.165 e. The SMILES string of the molecule is CCCCCCCCCCCCCCC1CCC([Si](Cl)(C2CCC(CCCCCCCCCCCCCC)CC2)C2CCC(CCCCCCCCCCCCCC)CC2)CC1. The van der Waals surface area contributed by atoms with Gasteiger partial charge in [0.1, 0.15) is 0 Å².